The summed E-state index contributed by atoms with van der Waals surface area (Å²) in [6.45, 7) is 5.54. The summed E-state index contributed by atoms with van der Waals surface area (Å²) in [6.07, 6.45) is 2.66. The summed E-state index contributed by atoms with van der Waals surface area (Å²) >= 11 is 7.98. The van der Waals surface area contributed by atoms with E-state index in [0.717, 1.165) is 17.5 Å². The quantitative estimate of drug-likeness (QED) is 0.846. The maximum atomic E-state index is 6.17. The molecule has 15 heavy (non-hydrogen) atoms. The van der Waals surface area contributed by atoms with Gasteiger partial charge in [-0.1, -0.05) is 25.4 Å². The van der Waals surface area contributed by atoms with Gasteiger partial charge in [0.05, 0.1) is 5.02 Å². The highest BCUT2D eigenvalue weighted by molar-refractivity contribution is 7.10. The third kappa shape index (κ3) is 2.55. The van der Waals surface area contributed by atoms with Crippen molar-refractivity contribution in [2.45, 2.75) is 38.6 Å². The molecule has 1 saturated carbocycles. The molecule has 2 unspecified atom stereocenters. The van der Waals surface area contributed by atoms with Crippen LogP contribution in [0.2, 0.25) is 5.02 Å². The molecule has 84 valence electrons. The van der Waals surface area contributed by atoms with E-state index in [9.17, 15) is 0 Å². The summed E-state index contributed by atoms with van der Waals surface area (Å²) in [6, 6.07) is 2.61. The maximum absolute atomic E-state index is 6.17. The van der Waals surface area contributed by atoms with Crippen molar-refractivity contribution in [1.82, 2.24) is 5.32 Å². The van der Waals surface area contributed by atoms with E-state index >= 15 is 0 Å². The van der Waals surface area contributed by atoms with Gasteiger partial charge in [0.25, 0.3) is 0 Å². The van der Waals surface area contributed by atoms with Gasteiger partial charge in [0.15, 0.2) is 0 Å². The molecular weight excluding hydrogens is 226 g/mol. The summed E-state index contributed by atoms with van der Waals surface area (Å²) in [4.78, 5) is 1.40. The Bertz CT molecular complexity index is 321. The molecule has 2 atom stereocenters. The van der Waals surface area contributed by atoms with E-state index in [2.05, 4.69) is 24.5 Å². The van der Waals surface area contributed by atoms with Crippen LogP contribution in [-0.4, -0.2) is 12.6 Å². The fourth-order valence-corrected chi connectivity index (χ4v) is 3.54. The monoisotopic (exact) mass is 243 g/mol. The molecule has 1 fully saturated rings. The lowest BCUT2D eigenvalue weighted by Gasteiger charge is -2.37. The van der Waals surface area contributed by atoms with Gasteiger partial charge in [-0.25, -0.2) is 0 Å². The van der Waals surface area contributed by atoms with Gasteiger partial charge in [0.2, 0.25) is 0 Å². The third-order valence-corrected chi connectivity index (χ3v) is 4.68. The molecule has 1 heterocycles. The van der Waals surface area contributed by atoms with Crippen molar-refractivity contribution in [2.24, 2.45) is 5.92 Å². The molecular formula is C12H18ClNS. The molecule has 1 aliphatic carbocycles. The van der Waals surface area contributed by atoms with Crippen molar-refractivity contribution < 1.29 is 0 Å². The average Bonchev–Trinajstić information content (AvgIpc) is 2.50. The normalized spacial score (nSPS) is 25.6. The number of nitrogens with one attached hydrogen (secondary N) is 1. The highest BCUT2D eigenvalue weighted by Gasteiger charge is 2.33. The van der Waals surface area contributed by atoms with Gasteiger partial charge in [-0.2, -0.15) is 0 Å². The lowest BCUT2D eigenvalue weighted by molar-refractivity contribution is 0.244. The van der Waals surface area contributed by atoms with Gasteiger partial charge in [-0.3, -0.25) is 0 Å². The van der Waals surface area contributed by atoms with Crippen LogP contribution in [0, 0.1) is 5.92 Å². The molecule has 0 radical (unpaired) electrons. The zero-order chi connectivity index (χ0) is 10.8. The molecule has 3 heteroatoms. The van der Waals surface area contributed by atoms with Crippen molar-refractivity contribution >= 4 is 22.9 Å². The van der Waals surface area contributed by atoms with Crippen LogP contribution in [-0.2, 0) is 0 Å². The predicted molar refractivity (Wildman–Crippen MR) is 67.9 cm³/mol. The molecule has 1 aromatic rings. The number of hydrogen-bond acceptors (Lipinski definition) is 2. The van der Waals surface area contributed by atoms with Crippen LogP contribution < -0.4 is 5.32 Å². The Kier molecular flexibility index (Phi) is 3.70. The first-order valence-corrected chi connectivity index (χ1v) is 6.90. The molecule has 0 spiro atoms. The summed E-state index contributed by atoms with van der Waals surface area (Å²) in [7, 11) is 0. The van der Waals surface area contributed by atoms with Crippen LogP contribution in [0.1, 0.15) is 37.5 Å². The van der Waals surface area contributed by atoms with Crippen molar-refractivity contribution in [2.75, 3.05) is 6.54 Å². The van der Waals surface area contributed by atoms with Gasteiger partial charge in [0, 0.05) is 10.9 Å². The summed E-state index contributed by atoms with van der Waals surface area (Å²) in [5, 5.41) is 6.59. The molecule has 0 aliphatic heterocycles. The van der Waals surface area contributed by atoms with Crippen molar-refractivity contribution in [3.63, 3.8) is 0 Å². The lowest BCUT2D eigenvalue weighted by atomic mass is 9.72. The molecule has 0 saturated heterocycles. The molecule has 0 bridgehead atoms. The standard InChI is InChI=1S/C12H18ClNS/c1-8(2)14-7-9-3-4-10(9)12-11(13)5-6-15-12/h5-6,8-10,14H,3-4,7H2,1-2H3. The van der Waals surface area contributed by atoms with E-state index < -0.39 is 0 Å². The van der Waals surface area contributed by atoms with Crippen LogP contribution in [0.25, 0.3) is 0 Å². The highest BCUT2D eigenvalue weighted by Crippen LogP contribution is 2.46. The predicted octanol–water partition coefficient (Wildman–Crippen LogP) is 3.89. The van der Waals surface area contributed by atoms with Crippen LogP contribution in [0.3, 0.4) is 0 Å². The van der Waals surface area contributed by atoms with E-state index in [-0.39, 0.29) is 0 Å². The lowest BCUT2D eigenvalue weighted by Crippen LogP contribution is -2.36. The molecule has 1 aromatic heterocycles. The zero-order valence-corrected chi connectivity index (χ0v) is 10.9. The molecule has 1 N–H and O–H groups in total. The minimum absolute atomic E-state index is 0.588. The molecule has 1 aliphatic rings. The minimum atomic E-state index is 0.588. The van der Waals surface area contributed by atoms with Crippen LogP contribution in [0.5, 0.6) is 0 Å². The van der Waals surface area contributed by atoms with Gasteiger partial charge < -0.3 is 5.32 Å². The molecule has 2 rings (SSSR count). The van der Waals surface area contributed by atoms with Crippen LogP contribution >= 0.6 is 22.9 Å². The highest BCUT2D eigenvalue weighted by atomic mass is 35.5. The largest absolute Gasteiger partial charge is 0.314 e. The van der Waals surface area contributed by atoms with Crippen molar-refractivity contribution in [3.8, 4) is 0 Å². The second-order valence-corrected chi connectivity index (χ2v) is 5.99. The number of halogens is 1. The summed E-state index contributed by atoms with van der Waals surface area (Å²) in [5.41, 5.74) is 0. The Morgan fingerprint density at radius 3 is 2.80 bits per heavy atom. The topological polar surface area (TPSA) is 12.0 Å². The first-order valence-electron chi connectivity index (χ1n) is 5.64. The fourth-order valence-electron chi connectivity index (χ4n) is 2.12. The van der Waals surface area contributed by atoms with Gasteiger partial charge in [-0.05, 0) is 42.7 Å². The smallest absolute Gasteiger partial charge is 0.0547 e. The number of rotatable bonds is 4. The Morgan fingerprint density at radius 1 is 1.53 bits per heavy atom. The van der Waals surface area contributed by atoms with E-state index in [1.165, 1.54) is 17.7 Å². The zero-order valence-electron chi connectivity index (χ0n) is 9.29. The van der Waals surface area contributed by atoms with E-state index in [4.69, 9.17) is 11.6 Å². The van der Waals surface area contributed by atoms with Crippen molar-refractivity contribution in [3.05, 3.63) is 21.3 Å². The molecule has 1 nitrogen and oxygen atoms in total. The van der Waals surface area contributed by atoms with E-state index in [1.54, 1.807) is 0 Å². The molecule has 0 aromatic carbocycles. The average molecular weight is 244 g/mol. The van der Waals surface area contributed by atoms with Crippen LogP contribution in [0.4, 0.5) is 0 Å². The van der Waals surface area contributed by atoms with E-state index in [0.29, 0.717) is 12.0 Å². The first-order chi connectivity index (χ1) is 7.18. The fraction of sp³-hybridized carbons (Fsp3) is 0.667. The summed E-state index contributed by atoms with van der Waals surface area (Å²) in [5.74, 6) is 1.51. The third-order valence-electron chi connectivity index (χ3n) is 3.19. The van der Waals surface area contributed by atoms with Gasteiger partial charge in [-0.15, -0.1) is 11.3 Å². The molecule has 0 amide bonds. The van der Waals surface area contributed by atoms with Gasteiger partial charge >= 0.3 is 0 Å². The van der Waals surface area contributed by atoms with Crippen molar-refractivity contribution in [1.29, 1.82) is 0 Å². The second-order valence-electron chi connectivity index (χ2n) is 4.64. The van der Waals surface area contributed by atoms with Gasteiger partial charge in [0.1, 0.15) is 0 Å². The van der Waals surface area contributed by atoms with E-state index in [1.807, 2.05) is 17.4 Å². The second kappa shape index (κ2) is 4.86. The minimum Gasteiger partial charge on any atom is -0.314 e. The Balaban J connectivity index is 1.92. The number of hydrogen-bond donors (Lipinski definition) is 1. The number of thiophene rings is 1. The Hall–Kier alpha value is -0.0500. The SMILES string of the molecule is CC(C)NCC1CCC1c1sccc1Cl. The Morgan fingerprint density at radius 2 is 2.33 bits per heavy atom. The summed E-state index contributed by atoms with van der Waals surface area (Å²) < 4.78 is 0. The Labute approximate surface area is 101 Å². The first kappa shape index (κ1) is 11.4. The van der Waals surface area contributed by atoms with Crippen LogP contribution in [0.15, 0.2) is 11.4 Å². The maximum Gasteiger partial charge on any atom is 0.0547 e.